The lowest BCUT2D eigenvalue weighted by molar-refractivity contribution is -0.153. The van der Waals surface area contributed by atoms with Crippen LogP contribution in [0.1, 0.15) is 52.9 Å². The van der Waals surface area contributed by atoms with Gasteiger partial charge in [0.25, 0.3) is 0 Å². The van der Waals surface area contributed by atoms with Gasteiger partial charge in [-0.15, -0.1) is 0 Å². The van der Waals surface area contributed by atoms with Crippen LogP contribution in [-0.4, -0.2) is 15.3 Å². The minimum atomic E-state index is -1.36. The van der Waals surface area contributed by atoms with E-state index in [9.17, 15) is 9.35 Å². The van der Waals surface area contributed by atoms with E-state index < -0.39 is 16.1 Å². The first-order chi connectivity index (χ1) is 7.41. The van der Waals surface area contributed by atoms with E-state index in [0.717, 1.165) is 25.7 Å². The van der Waals surface area contributed by atoms with Crippen molar-refractivity contribution in [2.75, 3.05) is 0 Å². The minimum absolute atomic E-state index is 0.0155. The lowest BCUT2D eigenvalue weighted by atomic mass is 9.89. The maximum atomic E-state index is 11.6. The minimum Gasteiger partial charge on any atom is -0.595 e. The van der Waals surface area contributed by atoms with Crippen molar-refractivity contribution < 1.29 is 14.2 Å². The average molecular weight is 247 g/mol. The number of hydrogen-bond acceptors (Lipinski definition) is 4. The molecule has 0 aromatic heterocycles. The Hall–Kier alpha value is -0.260. The summed E-state index contributed by atoms with van der Waals surface area (Å²) in [5.41, 5.74) is 0. The van der Waals surface area contributed by atoms with Gasteiger partial charge in [0.1, 0.15) is 4.75 Å². The highest BCUT2D eigenvalue weighted by Gasteiger charge is 2.30. The molecule has 0 amide bonds. The van der Waals surface area contributed by atoms with Gasteiger partial charge < -0.3 is 9.39 Å². The van der Waals surface area contributed by atoms with Crippen molar-refractivity contribution in [3.63, 3.8) is 0 Å². The third-order valence-corrected chi connectivity index (χ3v) is 4.06. The monoisotopic (exact) mass is 247 g/mol. The van der Waals surface area contributed by atoms with Gasteiger partial charge in [-0.2, -0.15) is 0 Å². The van der Waals surface area contributed by atoms with Crippen molar-refractivity contribution in [2.24, 2.45) is 5.92 Å². The molecule has 1 aliphatic carbocycles. The van der Waals surface area contributed by atoms with Gasteiger partial charge in [-0.3, -0.25) is 0 Å². The fourth-order valence-electron chi connectivity index (χ4n) is 1.63. The van der Waals surface area contributed by atoms with Gasteiger partial charge in [-0.05, 0) is 33.6 Å². The van der Waals surface area contributed by atoms with Gasteiger partial charge >= 0.3 is 5.97 Å². The molecule has 0 radical (unpaired) electrons. The summed E-state index contributed by atoms with van der Waals surface area (Å²) in [6, 6.07) is 0. The van der Waals surface area contributed by atoms with E-state index in [0.29, 0.717) is 0 Å². The van der Waals surface area contributed by atoms with Gasteiger partial charge in [0.2, 0.25) is 0 Å². The third kappa shape index (κ3) is 4.31. The van der Waals surface area contributed by atoms with Crippen molar-refractivity contribution in [1.29, 1.82) is 0 Å². The first kappa shape index (κ1) is 13.8. The zero-order chi connectivity index (χ0) is 12.2. The summed E-state index contributed by atoms with van der Waals surface area (Å²) in [6.45, 7) is 5.47. The van der Waals surface area contributed by atoms with E-state index in [-0.39, 0.29) is 11.9 Å². The Kier molecular flexibility index (Phi) is 5.08. The molecule has 1 rings (SSSR count). The first-order valence-corrected chi connectivity index (χ1v) is 6.94. The summed E-state index contributed by atoms with van der Waals surface area (Å²) >= 11 is -1.36. The molecule has 0 aromatic rings. The summed E-state index contributed by atoms with van der Waals surface area (Å²) < 4.78 is 11.2. The molecule has 1 saturated carbocycles. The molecule has 1 aliphatic rings. The fraction of sp³-hybridized carbons (Fsp3) is 0.909. The highest BCUT2D eigenvalue weighted by molar-refractivity contribution is 7.90. The summed E-state index contributed by atoms with van der Waals surface area (Å²) in [7, 11) is 0. The van der Waals surface area contributed by atoms with E-state index in [1.165, 1.54) is 6.42 Å². The fourth-order valence-corrected chi connectivity index (χ4v) is 2.03. The Morgan fingerprint density at radius 3 is 2.38 bits per heavy atom. The zero-order valence-corrected chi connectivity index (χ0v) is 11.1. The van der Waals surface area contributed by atoms with E-state index in [4.69, 9.17) is 4.84 Å². The van der Waals surface area contributed by atoms with Crippen LogP contribution in [0.15, 0.2) is 0 Å². The molecule has 16 heavy (non-hydrogen) atoms. The van der Waals surface area contributed by atoms with E-state index >= 15 is 0 Å². The van der Waals surface area contributed by atoms with Crippen LogP contribution in [0.5, 0.6) is 0 Å². The molecule has 1 N–H and O–H groups in total. The number of carbonyl (C=O) groups is 1. The van der Waals surface area contributed by atoms with Gasteiger partial charge in [0, 0.05) is 4.89 Å². The summed E-state index contributed by atoms with van der Waals surface area (Å²) in [6.07, 6.45) is 5.15. The maximum absolute atomic E-state index is 11.6. The van der Waals surface area contributed by atoms with Gasteiger partial charge in [0.05, 0.1) is 17.3 Å². The molecule has 0 heterocycles. The Labute approximate surface area is 100 Å². The van der Waals surface area contributed by atoms with Crippen molar-refractivity contribution in [3.05, 3.63) is 0 Å². The van der Waals surface area contributed by atoms with Crippen molar-refractivity contribution in [1.82, 2.24) is 4.89 Å². The van der Waals surface area contributed by atoms with Crippen molar-refractivity contribution in [3.8, 4) is 0 Å². The lowest BCUT2D eigenvalue weighted by Gasteiger charge is -2.24. The Morgan fingerprint density at radius 1 is 1.31 bits per heavy atom. The third-order valence-electron chi connectivity index (χ3n) is 2.71. The molecule has 1 unspecified atom stereocenters. The van der Waals surface area contributed by atoms with Crippen LogP contribution in [-0.2, 0) is 21.0 Å². The van der Waals surface area contributed by atoms with Gasteiger partial charge in [-0.1, -0.05) is 19.3 Å². The molecule has 0 aromatic carbocycles. The van der Waals surface area contributed by atoms with Crippen LogP contribution < -0.4 is 4.89 Å². The number of hydrogen-bond donors (Lipinski definition) is 1. The largest absolute Gasteiger partial charge is 0.595 e. The highest BCUT2D eigenvalue weighted by atomic mass is 32.2. The van der Waals surface area contributed by atoms with Crippen LogP contribution in [0.25, 0.3) is 0 Å². The second-order valence-corrected chi connectivity index (χ2v) is 7.15. The second kappa shape index (κ2) is 5.89. The predicted octanol–water partition coefficient (Wildman–Crippen LogP) is 2.08. The SMILES string of the molecule is CC(C)(C)[S+]([O-])NOC(=O)C1CCCCC1. The quantitative estimate of drug-likeness (QED) is 0.612. The molecular formula is C11H21NO3S. The molecule has 5 heteroatoms. The summed E-state index contributed by atoms with van der Waals surface area (Å²) in [5.74, 6) is -0.282. The van der Waals surface area contributed by atoms with E-state index in [2.05, 4.69) is 4.89 Å². The normalized spacial score (nSPS) is 20.5. The molecule has 94 valence electrons. The predicted molar refractivity (Wildman–Crippen MR) is 63.7 cm³/mol. The summed E-state index contributed by atoms with van der Waals surface area (Å²) in [5, 5.41) is 0. The summed E-state index contributed by atoms with van der Waals surface area (Å²) in [4.78, 5) is 18.8. The van der Waals surface area contributed by atoms with Crippen molar-refractivity contribution in [2.45, 2.75) is 57.6 Å². The maximum Gasteiger partial charge on any atom is 0.333 e. The Morgan fingerprint density at radius 2 is 1.88 bits per heavy atom. The lowest BCUT2D eigenvalue weighted by Crippen LogP contribution is -2.41. The topological polar surface area (TPSA) is 61.4 Å². The van der Waals surface area contributed by atoms with Crippen LogP contribution in [0.3, 0.4) is 0 Å². The first-order valence-electron chi connectivity index (χ1n) is 5.79. The molecule has 4 nitrogen and oxygen atoms in total. The highest BCUT2D eigenvalue weighted by Crippen LogP contribution is 2.24. The second-order valence-electron chi connectivity index (χ2n) is 5.22. The van der Waals surface area contributed by atoms with E-state index in [1.54, 1.807) is 0 Å². The van der Waals surface area contributed by atoms with Crippen LogP contribution in [0.2, 0.25) is 0 Å². The average Bonchev–Trinajstić information content (AvgIpc) is 2.25. The molecule has 0 aliphatic heterocycles. The Balaban J connectivity index is 2.29. The molecular weight excluding hydrogens is 226 g/mol. The standard InChI is InChI=1S/C11H21NO3S/c1-11(2,3)16(14)12-15-10(13)9-7-5-4-6-8-9/h9,12H,4-8H2,1-3H3. The zero-order valence-electron chi connectivity index (χ0n) is 10.2. The van der Waals surface area contributed by atoms with Crippen LogP contribution in [0, 0.1) is 5.92 Å². The van der Waals surface area contributed by atoms with Gasteiger partial charge in [-0.25, -0.2) is 4.79 Å². The molecule has 0 spiro atoms. The molecule has 0 bridgehead atoms. The van der Waals surface area contributed by atoms with Gasteiger partial charge in [0.15, 0.2) is 0 Å². The smallest absolute Gasteiger partial charge is 0.333 e. The number of nitrogens with one attached hydrogen (secondary N) is 1. The van der Waals surface area contributed by atoms with E-state index in [1.807, 2.05) is 20.8 Å². The molecule has 0 saturated heterocycles. The van der Waals surface area contributed by atoms with Crippen LogP contribution >= 0.6 is 0 Å². The number of carbonyl (C=O) groups excluding carboxylic acids is 1. The molecule has 1 fully saturated rings. The van der Waals surface area contributed by atoms with Crippen LogP contribution in [0.4, 0.5) is 0 Å². The molecule has 1 atom stereocenters. The number of rotatable bonds is 3. The Bertz CT molecular complexity index is 234. The van der Waals surface area contributed by atoms with Crippen molar-refractivity contribution >= 4 is 17.3 Å².